The molecule has 0 aliphatic heterocycles. The Morgan fingerprint density at radius 3 is 2.79 bits per heavy atom. The van der Waals surface area contributed by atoms with Crippen LogP contribution in [0.25, 0.3) is 0 Å². The SMILES string of the molecule is N#Cc1ccc(N(Cc2ccsc2)C2CC2)cc1N. The summed E-state index contributed by atoms with van der Waals surface area (Å²) in [5, 5.41) is 13.2. The quantitative estimate of drug-likeness (QED) is 0.866. The van der Waals surface area contributed by atoms with Crippen LogP contribution in [0.15, 0.2) is 35.0 Å². The Morgan fingerprint density at radius 2 is 2.21 bits per heavy atom. The minimum Gasteiger partial charge on any atom is -0.398 e. The Morgan fingerprint density at radius 1 is 1.37 bits per heavy atom. The van der Waals surface area contributed by atoms with Crippen molar-refractivity contribution in [2.75, 3.05) is 10.6 Å². The first-order valence-corrected chi connectivity index (χ1v) is 7.29. The molecule has 1 aromatic carbocycles. The van der Waals surface area contributed by atoms with Crippen molar-refractivity contribution < 1.29 is 0 Å². The molecule has 3 rings (SSSR count). The van der Waals surface area contributed by atoms with Gasteiger partial charge in [0.15, 0.2) is 0 Å². The van der Waals surface area contributed by atoms with Gasteiger partial charge in [0.1, 0.15) is 6.07 Å². The van der Waals surface area contributed by atoms with Crippen LogP contribution in [-0.4, -0.2) is 6.04 Å². The molecule has 4 heteroatoms. The summed E-state index contributed by atoms with van der Waals surface area (Å²) in [6.45, 7) is 0.916. The predicted octanol–water partition coefficient (Wildman–Crippen LogP) is 3.37. The summed E-state index contributed by atoms with van der Waals surface area (Å²) in [5.41, 5.74) is 9.48. The molecule has 0 saturated heterocycles. The molecule has 0 bridgehead atoms. The maximum atomic E-state index is 8.93. The highest BCUT2D eigenvalue weighted by Crippen LogP contribution is 2.34. The highest BCUT2D eigenvalue weighted by molar-refractivity contribution is 7.07. The molecule has 96 valence electrons. The lowest BCUT2D eigenvalue weighted by Crippen LogP contribution is -2.24. The Balaban J connectivity index is 1.88. The Kier molecular flexibility index (Phi) is 3.14. The van der Waals surface area contributed by atoms with Gasteiger partial charge in [0, 0.05) is 18.3 Å². The molecule has 1 aliphatic carbocycles. The van der Waals surface area contributed by atoms with Gasteiger partial charge in [-0.25, -0.2) is 0 Å². The molecule has 1 heterocycles. The number of nitrogen functional groups attached to an aromatic ring is 1. The van der Waals surface area contributed by atoms with Gasteiger partial charge in [-0.1, -0.05) is 0 Å². The van der Waals surface area contributed by atoms with Crippen LogP contribution in [0.5, 0.6) is 0 Å². The molecule has 1 fully saturated rings. The van der Waals surface area contributed by atoms with Gasteiger partial charge >= 0.3 is 0 Å². The zero-order valence-electron chi connectivity index (χ0n) is 10.5. The van der Waals surface area contributed by atoms with Crippen LogP contribution in [0.3, 0.4) is 0 Å². The van der Waals surface area contributed by atoms with E-state index in [0.717, 1.165) is 12.2 Å². The molecule has 0 unspecified atom stereocenters. The van der Waals surface area contributed by atoms with E-state index in [1.54, 1.807) is 11.3 Å². The minimum absolute atomic E-state index is 0.551. The fourth-order valence-electron chi connectivity index (χ4n) is 2.23. The van der Waals surface area contributed by atoms with Gasteiger partial charge < -0.3 is 10.6 Å². The smallest absolute Gasteiger partial charge is 0.101 e. The number of anilines is 2. The zero-order chi connectivity index (χ0) is 13.2. The average molecular weight is 269 g/mol. The monoisotopic (exact) mass is 269 g/mol. The number of nitrogens with two attached hydrogens (primary N) is 1. The van der Waals surface area contributed by atoms with Gasteiger partial charge in [-0.2, -0.15) is 16.6 Å². The molecule has 1 aromatic heterocycles. The Hall–Kier alpha value is -1.99. The van der Waals surface area contributed by atoms with E-state index in [0.29, 0.717) is 17.3 Å². The molecule has 19 heavy (non-hydrogen) atoms. The maximum absolute atomic E-state index is 8.93. The van der Waals surface area contributed by atoms with E-state index in [1.165, 1.54) is 18.4 Å². The second-order valence-corrected chi connectivity index (χ2v) is 5.65. The van der Waals surface area contributed by atoms with Crippen LogP contribution in [0.4, 0.5) is 11.4 Å². The van der Waals surface area contributed by atoms with E-state index in [-0.39, 0.29) is 0 Å². The first-order chi connectivity index (χ1) is 9.28. The molecule has 0 radical (unpaired) electrons. The molecular formula is C15H15N3S. The molecule has 2 N–H and O–H groups in total. The van der Waals surface area contributed by atoms with Crippen molar-refractivity contribution >= 4 is 22.7 Å². The summed E-state index contributed by atoms with van der Waals surface area (Å²) in [5.74, 6) is 0. The topological polar surface area (TPSA) is 53.0 Å². The van der Waals surface area contributed by atoms with Gasteiger partial charge in [-0.3, -0.25) is 0 Å². The fraction of sp³-hybridized carbons (Fsp3) is 0.267. The van der Waals surface area contributed by atoms with Crippen molar-refractivity contribution in [3.8, 4) is 6.07 Å². The Labute approximate surface area is 116 Å². The van der Waals surface area contributed by atoms with Gasteiger partial charge in [0.2, 0.25) is 0 Å². The third kappa shape index (κ3) is 2.56. The van der Waals surface area contributed by atoms with E-state index in [1.807, 2.05) is 18.2 Å². The summed E-state index contributed by atoms with van der Waals surface area (Å²) in [7, 11) is 0. The van der Waals surface area contributed by atoms with E-state index in [9.17, 15) is 0 Å². The fourth-order valence-corrected chi connectivity index (χ4v) is 2.89. The van der Waals surface area contributed by atoms with Crippen LogP contribution < -0.4 is 10.6 Å². The molecule has 0 spiro atoms. The van der Waals surface area contributed by atoms with E-state index in [4.69, 9.17) is 11.0 Å². The number of nitriles is 1. The third-order valence-electron chi connectivity index (χ3n) is 3.41. The molecule has 0 atom stereocenters. The third-order valence-corrected chi connectivity index (χ3v) is 4.14. The number of hydrogen-bond donors (Lipinski definition) is 1. The lowest BCUT2D eigenvalue weighted by atomic mass is 10.1. The van der Waals surface area contributed by atoms with Crippen molar-refractivity contribution in [2.24, 2.45) is 0 Å². The number of nitrogens with zero attached hydrogens (tertiary/aromatic N) is 2. The van der Waals surface area contributed by atoms with Crippen LogP contribution >= 0.6 is 11.3 Å². The van der Waals surface area contributed by atoms with Gasteiger partial charge in [0.25, 0.3) is 0 Å². The van der Waals surface area contributed by atoms with Crippen LogP contribution in [0.2, 0.25) is 0 Å². The number of benzene rings is 1. The molecule has 2 aromatic rings. The van der Waals surface area contributed by atoms with E-state index in [2.05, 4.69) is 27.8 Å². The molecular weight excluding hydrogens is 254 g/mol. The summed E-state index contributed by atoms with van der Waals surface area (Å²) in [6, 6.07) is 10.6. The summed E-state index contributed by atoms with van der Waals surface area (Å²) < 4.78 is 0. The van der Waals surface area contributed by atoms with Crippen LogP contribution in [0.1, 0.15) is 24.0 Å². The second-order valence-electron chi connectivity index (χ2n) is 4.87. The van der Waals surface area contributed by atoms with Gasteiger partial charge in [-0.15, -0.1) is 0 Å². The summed E-state index contributed by atoms with van der Waals surface area (Å²) in [4.78, 5) is 2.39. The largest absolute Gasteiger partial charge is 0.398 e. The van der Waals surface area contributed by atoms with Crippen molar-refractivity contribution in [3.05, 3.63) is 46.2 Å². The van der Waals surface area contributed by atoms with Gasteiger partial charge in [-0.05, 0) is 53.4 Å². The van der Waals surface area contributed by atoms with Crippen molar-refractivity contribution in [2.45, 2.75) is 25.4 Å². The standard InChI is InChI=1S/C15H15N3S/c16-8-12-1-2-14(7-15(12)17)18(13-3-4-13)9-11-5-6-19-10-11/h1-2,5-7,10,13H,3-4,9,17H2. The highest BCUT2D eigenvalue weighted by Gasteiger charge is 2.29. The van der Waals surface area contributed by atoms with Crippen molar-refractivity contribution in [1.29, 1.82) is 5.26 Å². The molecule has 0 amide bonds. The molecule has 3 nitrogen and oxygen atoms in total. The predicted molar refractivity (Wildman–Crippen MR) is 79.1 cm³/mol. The first-order valence-electron chi connectivity index (χ1n) is 6.35. The number of rotatable bonds is 4. The van der Waals surface area contributed by atoms with Crippen molar-refractivity contribution in [3.63, 3.8) is 0 Å². The van der Waals surface area contributed by atoms with E-state index < -0.39 is 0 Å². The average Bonchev–Trinajstić information content (AvgIpc) is 3.13. The van der Waals surface area contributed by atoms with Gasteiger partial charge in [0.05, 0.1) is 11.3 Å². The normalized spacial score (nSPS) is 14.1. The Bertz CT molecular complexity index is 609. The summed E-state index contributed by atoms with van der Waals surface area (Å²) >= 11 is 1.72. The highest BCUT2D eigenvalue weighted by atomic mass is 32.1. The second kappa shape index (κ2) is 4.94. The van der Waals surface area contributed by atoms with Crippen LogP contribution in [0, 0.1) is 11.3 Å². The maximum Gasteiger partial charge on any atom is 0.101 e. The first kappa shape index (κ1) is 12.1. The van der Waals surface area contributed by atoms with E-state index >= 15 is 0 Å². The minimum atomic E-state index is 0.551. The number of hydrogen-bond acceptors (Lipinski definition) is 4. The van der Waals surface area contributed by atoms with Crippen LogP contribution in [-0.2, 0) is 6.54 Å². The lowest BCUT2D eigenvalue weighted by Gasteiger charge is -2.24. The van der Waals surface area contributed by atoms with Crippen molar-refractivity contribution in [1.82, 2.24) is 0 Å². The molecule has 1 aliphatic rings. The number of thiophene rings is 1. The summed E-state index contributed by atoms with van der Waals surface area (Å²) in [6.07, 6.45) is 2.48. The lowest BCUT2D eigenvalue weighted by molar-refractivity contribution is 0.797. The zero-order valence-corrected chi connectivity index (χ0v) is 11.4. The molecule has 1 saturated carbocycles.